The van der Waals surface area contributed by atoms with E-state index in [-0.39, 0.29) is 11.7 Å². The molecular weight excluding hydrogens is 260 g/mol. The SMILES string of the molecule is O=C(c1c[nH]c2ncccc12)C1CCc2ccccc2C1. The van der Waals surface area contributed by atoms with Crippen LogP contribution in [0.4, 0.5) is 0 Å². The highest BCUT2D eigenvalue weighted by Gasteiger charge is 2.26. The maximum Gasteiger partial charge on any atom is 0.168 e. The lowest BCUT2D eigenvalue weighted by molar-refractivity contribution is 0.0910. The minimum Gasteiger partial charge on any atom is -0.345 e. The number of hydrogen-bond donors (Lipinski definition) is 1. The Hall–Kier alpha value is -2.42. The third-order valence-corrected chi connectivity index (χ3v) is 4.43. The summed E-state index contributed by atoms with van der Waals surface area (Å²) in [5.41, 5.74) is 4.28. The van der Waals surface area contributed by atoms with E-state index in [9.17, 15) is 4.79 Å². The van der Waals surface area contributed by atoms with Gasteiger partial charge in [0, 0.05) is 29.3 Å². The zero-order valence-corrected chi connectivity index (χ0v) is 11.7. The first kappa shape index (κ1) is 12.3. The van der Waals surface area contributed by atoms with Crippen LogP contribution >= 0.6 is 0 Å². The van der Waals surface area contributed by atoms with E-state index in [0.29, 0.717) is 0 Å². The van der Waals surface area contributed by atoms with Gasteiger partial charge in [-0.1, -0.05) is 24.3 Å². The van der Waals surface area contributed by atoms with Crippen LogP contribution in [0, 0.1) is 5.92 Å². The molecule has 104 valence electrons. The molecule has 0 bridgehead atoms. The average Bonchev–Trinajstić information content (AvgIpc) is 2.98. The van der Waals surface area contributed by atoms with Gasteiger partial charge in [0.15, 0.2) is 5.78 Å². The third-order valence-electron chi connectivity index (χ3n) is 4.43. The number of nitrogens with zero attached hydrogens (tertiary/aromatic N) is 1. The molecule has 2 aromatic heterocycles. The van der Waals surface area contributed by atoms with Gasteiger partial charge in [-0.25, -0.2) is 4.98 Å². The summed E-state index contributed by atoms with van der Waals surface area (Å²) in [6.07, 6.45) is 6.32. The number of nitrogens with one attached hydrogen (secondary N) is 1. The van der Waals surface area contributed by atoms with Gasteiger partial charge < -0.3 is 4.98 Å². The Bertz CT molecular complexity index is 819. The van der Waals surface area contributed by atoms with Crippen molar-refractivity contribution >= 4 is 16.8 Å². The maximum atomic E-state index is 12.8. The number of pyridine rings is 1. The summed E-state index contributed by atoms with van der Waals surface area (Å²) >= 11 is 0. The lowest BCUT2D eigenvalue weighted by Crippen LogP contribution is -2.22. The molecule has 0 saturated carbocycles. The summed E-state index contributed by atoms with van der Waals surface area (Å²) in [7, 11) is 0. The van der Waals surface area contributed by atoms with E-state index < -0.39 is 0 Å². The maximum absolute atomic E-state index is 12.8. The first-order chi connectivity index (χ1) is 10.3. The fourth-order valence-electron chi connectivity index (χ4n) is 3.30. The van der Waals surface area contributed by atoms with Gasteiger partial charge >= 0.3 is 0 Å². The van der Waals surface area contributed by atoms with Crippen molar-refractivity contribution in [3.8, 4) is 0 Å². The van der Waals surface area contributed by atoms with E-state index in [0.717, 1.165) is 35.9 Å². The normalized spacial score (nSPS) is 17.6. The first-order valence-corrected chi connectivity index (χ1v) is 7.36. The first-order valence-electron chi connectivity index (χ1n) is 7.36. The summed E-state index contributed by atoms with van der Waals surface area (Å²) in [5, 5.41) is 0.932. The molecule has 1 N–H and O–H groups in total. The summed E-state index contributed by atoms with van der Waals surface area (Å²) in [4.78, 5) is 20.2. The predicted octanol–water partition coefficient (Wildman–Crippen LogP) is 3.55. The highest BCUT2D eigenvalue weighted by molar-refractivity contribution is 6.08. The van der Waals surface area contributed by atoms with Gasteiger partial charge in [0.2, 0.25) is 0 Å². The molecule has 0 saturated heterocycles. The number of H-pyrrole nitrogens is 1. The zero-order chi connectivity index (χ0) is 14.2. The van der Waals surface area contributed by atoms with Crippen molar-refractivity contribution in [3.63, 3.8) is 0 Å². The number of ketones is 1. The number of hydrogen-bond acceptors (Lipinski definition) is 2. The van der Waals surface area contributed by atoms with Crippen molar-refractivity contribution in [2.45, 2.75) is 19.3 Å². The zero-order valence-electron chi connectivity index (χ0n) is 11.7. The molecule has 0 aliphatic heterocycles. The monoisotopic (exact) mass is 276 g/mol. The molecule has 3 aromatic rings. The third kappa shape index (κ3) is 2.05. The van der Waals surface area contributed by atoms with Crippen LogP contribution in [0.2, 0.25) is 0 Å². The Labute approximate surface area is 123 Å². The van der Waals surface area contributed by atoms with Crippen molar-refractivity contribution < 1.29 is 4.79 Å². The van der Waals surface area contributed by atoms with Crippen LogP contribution in [0.15, 0.2) is 48.8 Å². The summed E-state index contributed by atoms with van der Waals surface area (Å²) in [6.45, 7) is 0. The molecule has 1 aliphatic rings. The number of carbonyl (C=O) groups is 1. The lowest BCUT2D eigenvalue weighted by atomic mass is 9.80. The number of aryl methyl sites for hydroxylation is 1. The topological polar surface area (TPSA) is 45.8 Å². The van der Waals surface area contributed by atoms with Crippen LogP contribution in [0.1, 0.15) is 27.9 Å². The van der Waals surface area contributed by atoms with Crippen molar-refractivity contribution in [1.29, 1.82) is 0 Å². The average molecular weight is 276 g/mol. The minimum absolute atomic E-state index is 0.0825. The van der Waals surface area contributed by atoms with Crippen molar-refractivity contribution in [1.82, 2.24) is 9.97 Å². The summed E-state index contributed by atoms with van der Waals surface area (Å²) < 4.78 is 0. The Morgan fingerprint density at radius 2 is 2.00 bits per heavy atom. The second kappa shape index (κ2) is 4.85. The van der Waals surface area contributed by atoms with Gasteiger partial charge in [0.1, 0.15) is 5.65 Å². The van der Waals surface area contributed by atoms with E-state index in [1.165, 1.54) is 11.1 Å². The van der Waals surface area contributed by atoms with E-state index in [1.54, 1.807) is 12.4 Å². The predicted molar refractivity (Wildman–Crippen MR) is 82.4 cm³/mol. The fourth-order valence-corrected chi connectivity index (χ4v) is 3.30. The van der Waals surface area contributed by atoms with Crippen molar-refractivity contribution in [3.05, 3.63) is 65.5 Å². The number of Topliss-reactive ketones (excluding diaryl/α,β-unsaturated/α-hetero) is 1. The number of aromatic nitrogens is 2. The molecule has 1 unspecified atom stereocenters. The van der Waals surface area contributed by atoms with Crippen LogP contribution < -0.4 is 0 Å². The Morgan fingerprint density at radius 1 is 1.14 bits per heavy atom. The molecule has 3 heteroatoms. The smallest absolute Gasteiger partial charge is 0.168 e. The second-order valence-electron chi connectivity index (χ2n) is 5.67. The molecule has 3 nitrogen and oxygen atoms in total. The van der Waals surface area contributed by atoms with Crippen LogP contribution in [-0.4, -0.2) is 15.8 Å². The molecule has 1 aromatic carbocycles. The molecule has 0 spiro atoms. The van der Waals surface area contributed by atoms with E-state index in [2.05, 4.69) is 34.2 Å². The quantitative estimate of drug-likeness (QED) is 0.727. The molecule has 1 aliphatic carbocycles. The number of carbonyl (C=O) groups excluding carboxylic acids is 1. The molecule has 4 rings (SSSR count). The van der Waals surface area contributed by atoms with Gasteiger partial charge in [0.05, 0.1) is 0 Å². The Morgan fingerprint density at radius 3 is 2.90 bits per heavy atom. The standard InChI is InChI=1S/C18H16N2O/c21-17(16-11-20-18-15(16)6-3-9-19-18)14-8-7-12-4-1-2-5-13(12)10-14/h1-6,9,11,14H,7-8,10H2,(H,19,20). The molecular formula is C18H16N2O. The summed E-state index contributed by atoms with van der Waals surface area (Å²) in [5.74, 6) is 0.322. The molecule has 0 fully saturated rings. The number of fused-ring (bicyclic) bond motifs is 2. The van der Waals surface area contributed by atoms with E-state index in [4.69, 9.17) is 0 Å². The lowest BCUT2D eigenvalue weighted by Gasteiger charge is -2.23. The summed E-state index contributed by atoms with van der Waals surface area (Å²) in [6, 6.07) is 12.3. The van der Waals surface area contributed by atoms with Crippen LogP contribution in [0.25, 0.3) is 11.0 Å². The highest BCUT2D eigenvalue weighted by atomic mass is 16.1. The van der Waals surface area contributed by atoms with Crippen LogP contribution in [0.3, 0.4) is 0 Å². The van der Waals surface area contributed by atoms with Gasteiger partial charge in [-0.15, -0.1) is 0 Å². The second-order valence-corrected chi connectivity index (χ2v) is 5.67. The van der Waals surface area contributed by atoms with Gasteiger partial charge in [-0.3, -0.25) is 4.79 Å². The van der Waals surface area contributed by atoms with Gasteiger partial charge in [0.25, 0.3) is 0 Å². The van der Waals surface area contributed by atoms with Gasteiger partial charge in [-0.05, 0) is 42.5 Å². The number of rotatable bonds is 2. The van der Waals surface area contributed by atoms with Crippen molar-refractivity contribution in [2.75, 3.05) is 0 Å². The van der Waals surface area contributed by atoms with E-state index in [1.807, 2.05) is 12.1 Å². The fraction of sp³-hybridized carbons (Fsp3) is 0.222. The number of aromatic amines is 1. The van der Waals surface area contributed by atoms with Crippen LogP contribution in [-0.2, 0) is 12.8 Å². The largest absolute Gasteiger partial charge is 0.345 e. The van der Waals surface area contributed by atoms with Gasteiger partial charge in [-0.2, -0.15) is 0 Å². The Kier molecular flexibility index (Phi) is 2.85. The van der Waals surface area contributed by atoms with Crippen molar-refractivity contribution in [2.24, 2.45) is 5.92 Å². The van der Waals surface area contributed by atoms with E-state index >= 15 is 0 Å². The number of benzene rings is 1. The molecule has 0 amide bonds. The molecule has 2 heterocycles. The van der Waals surface area contributed by atoms with Crippen LogP contribution in [0.5, 0.6) is 0 Å². The minimum atomic E-state index is 0.0825. The Balaban J connectivity index is 1.67. The highest BCUT2D eigenvalue weighted by Crippen LogP contribution is 2.29. The molecule has 21 heavy (non-hydrogen) atoms. The molecule has 0 radical (unpaired) electrons. The molecule has 1 atom stereocenters.